The van der Waals surface area contributed by atoms with E-state index in [0.717, 1.165) is 29.5 Å². The van der Waals surface area contributed by atoms with Gasteiger partial charge in [-0.05, 0) is 37.7 Å². The molecule has 0 bridgehead atoms. The fourth-order valence-electron chi connectivity index (χ4n) is 3.47. The number of allylic oxidation sites excluding steroid dienone is 1. The first-order valence-corrected chi connectivity index (χ1v) is 10.8. The maximum atomic E-state index is 13.3. The van der Waals surface area contributed by atoms with E-state index < -0.39 is 0 Å². The first-order valence-electron chi connectivity index (χ1n) is 9.10. The zero-order chi connectivity index (χ0) is 19.1. The molecule has 1 aliphatic carbocycles. The minimum Gasteiger partial charge on any atom is -0.424 e. The minimum absolute atomic E-state index is 0.0309. The van der Waals surface area contributed by atoms with Crippen LogP contribution in [0.2, 0.25) is 0 Å². The maximum Gasteiger partial charge on any atom is 0.263 e. The molecule has 2 unspecified atom stereocenters. The van der Waals surface area contributed by atoms with E-state index in [-0.39, 0.29) is 10.8 Å². The van der Waals surface area contributed by atoms with E-state index in [4.69, 9.17) is 9.40 Å². The fourth-order valence-corrected chi connectivity index (χ4v) is 5.84. The molecule has 0 N–H and O–H groups in total. The average molecular weight is 403 g/mol. The van der Waals surface area contributed by atoms with Gasteiger partial charge in [-0.3, -0.25) is 9.36 Å². The summed E-state index contributed by atoms with van der Waals surface area (Å²) in [6.07, 6.45) is 4.87. The molecular formula is C19H22N4O2S2. The lowest BCUT2D eigenvalue weighted by Gasteiger charge is -2.17. The second-order valence-electron chi connectivity index (χ2n) is 7.05. The Morgan fingerprint density at radius 1 is 1.48 bits per heavy atom. The van der Waals surface area contributed by atoms with Gasteiger partial charge in [-0.15, -0.1) is 28.1 Å². The molecule has 2 atom stereocenters. The van der Waals surface area contributed by atoms with Crippen LogP contribution >= 0.6 is 23.1 Å². The van der Waals surface area contributed by atoms with Gasteiger partial charge in [0, 0.05) is 18.3 Å². The lowest BCUT2D eigenvalue weighted by atomic mass is 9.89. The molecule has 3 heterocycles. The number of nitrogens with zero attached hydrogens (tertiary/aromatic N) is 4. The number of aromatic nitrogens is 4. The van der Waals surface area contributed by atoms with E-state index in [9.17, 15) is 4.79 Å². The van der Waals surface area contributed by atoms with Gasteiger partial charge in [0.1, 0.15) is 4.83 Å². The Morgan fingerprint density at radius 3 is 3.00 bits per heavy atom. The fraction of sp³-hybridized carbons (Fsp3) is 0.474. The summed E-state index contributed by atoms with van der Waals surface area (Å²) < 4.78 is 7.25. The summed E-state index contributed by atoms with van der Waals surface area (Å²) in [5, 5.41) is 9.36. The highest BCUT2D eigenvalue weighted by molar-refractivity contribution is 7.99. The third kappa shape index (κ3) is 3.36. The monoisotopic (exact) mass is 402 g/mol. The molecule has 3 aromatic rings. The summed E-state index contributed by atoms with van der Waals surface area (Å²) in [7, 11) is 0. The van der Waals surface area contributed by atoms with E-state index in [1.165, 1.54) is 22.2 Å². The van der Waals surface area contributed by atoms with Gasteiger partial charge in [0.25, 0.3) is 5.56 Å². The maximum absolute atomic E-state index is 13.3. The molecule has 0 aromatic carbocycles. The predicted octanol–water partition coefficient (Wildman–Crippen LogP) is 4.31. The SMILES string of the molecule is C=CCn1c(SC(C)c2nnc(C)o2)nc2sc3c(c2c1=O)CCC(C)C3. The number of aryl methyl sites for hydroxylation is 2. The quantitative estimate of drug-likeness (QED) is 0.360. The topological polar surface area (TPSA) is 73.8 Å². The Morgan fingerprint density at radius 2 is 2.30 bits per heavy atom. The summed E-state index contributed by atoms with van der Waals surface area (Å²) in [4.78, 5) is 20.3. The number of thioether (sulfide) groups is 1. The van der Waals surface area contributed by atoms with Crippen LogP contribution in [0.1, 0.15) is 47.7 Å². The molecule has 6 nitrogen and oxygen atoms in total. The van der Waals surface area contributed by atoms with Gasteiger partial charge in [0.2, 0.25) is 11.8 Å². The summed E-state index contributed by atoms with van der Waals surface area (Å²) in [6.45, 7) is 10.3. The van der Waals surface area contributed by atoms with Gasteiger partial charge >= 0.3 is 0 Å². The predicted molar refractivity (Wildman–Crippen MR) is 109 cm³/mol. The Hall–Kier alpha value is -1.93. The van der Waals surface area contributed by atoms with Crippen molar-refractivity contribution in [1.29, 1.82) is 0 Å². The standard InChI is InChI=1S/C19H22N4O2S2/c1-5-8-23-18(24)15-13-7-6-10(2)9-14(13)27-17(15)20-19(23)26-11(3)16-22-21-12(4)25-16/h5,10-11H,1,6-9H2,2-4H3. The van der Waals surface area contributed by atoms with E-state index in [2.05, 4.69) is 23.7 Å². The van der Waals surface area contributed by atoms with Gasteiger partial charge in [-0.25, -0.2) is 4.98 Å². The minimum atomic E-state index is -0.0961. The molecule has 0 spiro atoms. The van der Waals surface area contributed by atoms with Crippen molar-refractivity contribution in [2.75, 3.05) is 0 Å². The summed E-state index contributed by atoms with van der Waals surface area (Å²) >= 11 is 3.14. The average Bonchev–Trinajstić information content (AvgIpc) is 3.21. The van der Waals surface area contributed by atoms with E-state index in [1.54, 1.807) is 28.9 Å². The van der Waals surface area contributed by atoms with Crippen LogP contribution in [0.15, 0.2) is 27.0 Å². The summed E-state index contributed by atoms with van der Waals surface area (Å²) in [6, 6.07) is 0. The lowest BCUT2D eigenvalue weighted by molar-refractivity contribution is 0.469. The molecular weight excluding hydrogens is 380 g/mol. The van der Waals surface area contributed by atoms with Crippen LogP contribution in [0, 0.1) is 12.8 Å². The zero-order valence-corrected chi connectivity index (χ0v) is 17.3. The molecule has 8 heteroatoms. The van der Waals surface area contributed by atoms with E-state index in [1.807, 2.05) is 6.92 Å². The van der Waals surface area contributed by atoms with Crippen molar-refractivity contribution in [3.63, 3.8) is 0 Å². The van der Waals surface area contributed by atoms with Gasteiger partial charge in [-0.1, -0.05) is 24.8 Å². The number of hydrogen-bond acceptors (Lipinski definition) is 7. The molecule has 0 amide bonds. The van der Waals surface area contributed by atoms with Gasteiger partial charge < -0.3 is 4.42 Å². The van der Waals surface area contributed by atoms with Crippen molar-refractivity contribution in [3.05, 3.63) is 45.2 Å². The van der Waals surface area contributed by atoms with E-state index >= 15 is 0 Å². The highest BCUT2D eigenvalue weighted by Gasteiger charge is 2.25. The van der Waals surface area contributed by atoms with E-state index in [0.29, 0.717) is 29.4 Å². The van der Waals surface area contributed by atoms with Crippen molar-refractivity contribution < 1.29 is 4.42 Å². The number of thiophene rings is 1. The van der Waals surface area contributed by atoms with Crippen molar-refractivity contribution in [2.45, 2.75) is 57.0 Å². The Balaban J connectivity index is 1.81. The first kappa shape index (κ1) is 18.4. The Kier molecular flexibility index (Phi) is 4.94. The second-order valence-corrected chi connectivity index (χ2v) is 9.44. The van der Waals surface area contributed by atoms with Crippen molar-refractivity contribution in [2.24, 2.45) is 5.92 Å². The molecule has 0 aliphatic heterocycles. The third-order valence-corrected chi connectivity index (χ3v) is 7.09. The second kappa shape index (κ2) is 7.24. The summed E-state index contributed by atoms with van der Waals surface area (Å²) in [5.41, 5.74) is 1.24. The van der Waals surface area contributed by atoms with Gasteiger partial charge in [0.05, 0.1) is 10.6 Å². The molecule has 0 saturated heterocycles. The van der Waals surface area contributed by atoms with Crippen LogP contribution < -0.4 is 5.56 Å². The van der Waals surface area contributed by atoms with Crippen molar-refractivity contribution >= 4 is 33.3 Å². The number of hydrogen-bond donors (Lipinski definition) is 0. The summed E-state index contributed by atoms with van der Waals surface area (Å²) in [5.74, 6) is 1.73. The molecule has 1 aliphatic rings. The zero-order valence-electron chi connectivity index (χ0n) is 15.7. The smallest absolute Gasteiger partial charge is 0.263 e. The number of rotatable bonds is 5. The van der Waals surface area contributed by atoms with Crippen LogP contribution in [0.25, 0.3) is 10.2 Å². The largest absolute Gasteiger partial charge is 0.424 e. The van der Waals surface area contributed by atoms with Crippen LogP contribution in [-0.4, -0.2) is 19.7 Å². The molecule has 0 fully saturated rings. The van der Waals surface area contributed by atoms with Crippen LogP contribution in [0.5, 0.6) is 0 Å². The van der Waals surface area contributed by atoms with Crippen LogP contribution in [-0.2, 0) is 19.4 Å². The first-order chi connectivity index (χ1) is 13.0. The van der Waals surface area contributed by atoms with Gasteiger partial charge in [-0.2, -0.15) is 0 Å². The Bertz CT molecular complexity index is 1070. The molecule has 27 heavy (non-hydrogen) atoms. The highest BCUT2D eigenvalue weighted by atomic mass is 32.2. The van der Waals surface area contributed by atoms with Crippen LogP contribution in [0.4, 0.5) is 0 Å². The molecule has 142 valence electrons. The van der Waals surface area contributed by atoms with Crippen molar-refractivity contribution in [1.82, 2.24) is 19.7 Å². The molecule has 4 rings (SSSR count). The molecule has 3 aromatic heterocycles. The van der Waals surface area contributed by atoms with Gasteiger partial charge in [0.15, 0.2) is 5.16 Å². The Labute approximate surface area is 165 Å². The number of fused-ring (bicyclic) bond motifs is 3. The van der Waals surface area contributed by atoms with Crippen molar-refractivity contribution in [3.8, 4) is 0 Å². The highest BCUT2D eigenvalue weighted by Crippen LogP contribution is 2.38. The lowest BCUT2D eigenvalue weighted by Crippen LogP contribution is -2.23. The molecule has 0 saturated carbocycles. The van der Waals surface area contributed by atoms with Crippen LogP contribution in [0.3, 0.4) is 0 Å². The molecule has 0 radical (unpaired) electrons. The normalized spacial score (nSPS) is 17.8. The third-order valence-electron chi connectivity index (χ3n) is 4.86.